The molecule has 0 bridgehead atoms. The van der Waals surface area contributed by atoms with Crippen molar-refractivity contribution in [1.82, 2.24) is 0 Å². The summed E-state index contributed by atoms with van der Waals surface area (Å²) in [5.41, 5.74) is 4.47. The van der Waals surface area contributed by atoms with Gasteiger partial charge in [-0.25, -0.2) is 0 Å². The molecule has 0 atom stereocenters. The van der Waals surface area contributed by atoms with Gasteiger partial charge in [0.1, 0.15) is 0 Å². The van der Waals surface area contributed by atoms with Crippen molar-refractivity contribution in [1.29, 1.82) is 0 Å². The molecule has 1 saturated carbocycles. The monoisotopic (exact) mass is 193 g/mol. The lowest BCUT2D eigenvalue weighted by Gasteiger charge is -1.94. The Morgan fingerprint density at radius 1 is 1.50 bits per heavy atom. The van der Waals surface area contributed by atoms with Crippen LogP contribution in [0.4, 0.5) is 0 Å². The standard InChI is InChI=1S/C4H8OS.C2H5NO.C2H6/c1-4(6-5)2-3-4;1-2(3)4;1-2/h5H,2-3H2,1H3;1H3,(H2,3,4);1-2H3. The molecule has 1 rings (SSSR count). The van der Waals surface area contributed by atoms with Gasteiger partial charge >= 0.3 is 0 Å². The predicted octanol–water partition coefficient (Wildman–Crippen LogP) is 2.26. The number of carbonyl (C=O) groups excluding carboxylic acids is 1. The molecule has 0 aliphatic heterocycles. The van der Waals surface area contributed by atoms with Crippen LogP contribution in [0.3, 0.4) is 0 Å². The van der Waals surface area contributed by atoms with E-state index in [0.717, 1.165) is 12.0 Å². The minimum Gasteiger partial charge on any atom is -0.370 e. The van der Waals surface area contributed by atoms with Gasteiger partial charge in [0.15, 0.2) is 0 Å². The van der Waals surface area contributed by atoms with E-state index in [-0.39, 0.29) is 10.7 Å². The summed E-state index contributed by atoms with van der Waals surface area (Å²) in [4.78, 5) is 9.22. The number of rotatable bonds is 1. The van der Waals surface area contributed by atoms with Crippen LogP contribution in [0.2, 0.25) is 0 Å². The molecule has 0 radical (unpaired) electrons. The van der Waals surface area contributed by atoms with E-state index in [1.54, 1.807) is 0 Å². The van der Waals surface area contributed by atoms with Crippen molar-refractivity contribution in [3.8, 4) is 0 Å². The first-order valence-corrected chi connectivity index (χ1v) is 4.86. The molecule has 0 saturated heterocycles. The highest BCUT2D eigenvalue weighted by Gasteiger charge is 2.37. The molecule has 0 spiro atoms. The van der Waals surface area contributed by atoms with E-state index in [9.17, 15) is 4.79 Å². The Morgan fingerprint density at radius 2 is 1.75 bits per heavy atom. The van der Waals surface area contributed by atoms with Gasteiger partial charge in [-0.3, -0.25) is 4.79 Å². The third kappa shape index (κ3) is 12.5. The van der Waals surface area contributed by atoms with Crippen LogP contribution in [-0.4, -0.2) is 15.2 Å². The van der Waals surface area contributed by atoms with Crippen LogP contribution < -0.4 is 5.73 Å². The van der Waals surface area contributed by atoms with Crippen LogP contribution in [0.5, 0.6) is 0 Å². The first-order chi connectivity index (χ1) is 5.50. The molecule has 4 heteroatoms. The van der Waals surface area contributed by atoms with E-state index in [1.807, 2.05) is 13.8 Å². The fourth-order valence-electron chi connectivity index (χ4n) is 0.267. The summed E-state index contributed by atoms with van der Waals surface area (Å²) in [5, 5.41) is 0. The van der Waals surface area contributed by atoms with Gasteiger partial charge in [-0.2, -0.15) is 0 Å². The Balaban J connectivity index is 0. The van der Waals surface area contributed by atoms with Crippen molar-refractivity contribution >= 4 is 17.9 Å². The second-order valence-corrected chi connectivity index (χ2v) is 3.82. The SMILES string of the molecule is CC.CC(N)=O.CC1(SO)CC1. The molecule has 1 aliphatic carbocycles. The maximum Gasteiger partial charge on any atom is 0.214 e. The lowest BCUT2D eigenvalue weighted by Crippen LogP contribution is -2.01. The van der Waals surface area contributed by atoms with Gasteiger partial charge in [0.25, 0.3) is 0 Å². The molecule has 3 N–H and O–H groups in total. The quantitative estimate of drug-likeness (QED) is 0.628. The lowest BCUT2D eigenvalue weighted by molar-refractivity contribution is -0.115. The van der Waals surface area contributed by atoms with Crippen molar-refractivity contribution < 1.29 is 9.35 Å². The summed E-state index contributed by atoms with van der Waals surface area (Å²) in [5.74, 6) is -0.333. The Hall–Kier alpha value is -0.220. The molecule has 0 heterocycles. The normalized spacial score (nSPS) is 16.1. The van der Waals surface area contributed by atoms with Gasteiger partial charge in [0.05, 0.1) is 0 Å². The number of amides is 1. The fourth-order valence-corrected chi connectivity index (χ4v) is 0.552. The van der Waals surface area contributed by atoms with E-state index < -0.39 is 0 Å². The highest BCUT2D eigenvalue weighted by molar-refractivity contribution is 7.95. The van der Waals surface area contributed by atoms with Crippen LogP contribution in [0.25, 0.3) is 0 Å². The van der Waals surface area contributed by atoms with Gasteiger partial charge in [0.2, 0.25) is 5.91 Å². The Bertz CT molecular complexity index is 120. The second kappa shape index (κ2) is 7.43. The molecule has 1 aliphatic rings. The van der Waals surface area contributed by atoms with E-state index in [4.69, 9.17) is 4.55 Å². The van der Waals surface area contributed by atoms with Crippen molar-refractivity contribution in [2.24, 2.45) is 5.73 Å². The Morgan fingerprint density at radius 3 is 1.75 bits per heavy atom. The van der Waals surface area contributed by atoms with Gasteiger partial charge in [-0.1, -0.05) is 13.8 Å². The van der Waals surface area contributed by atoms with Crippen molar-refractivity contribution in [3.63, 3.8) is 0 Å². The largest absolute Gasteiger partial charge is 0.370 e. The van der Waals surface area contributed by atoms with E-state index in [0.29, 0.717) is 0 Å². The second-order valence-electron chi connectivity index (χ2n) is 2.65. The third-order valence-corrected chi connectivity index (χ3v) is 2.02. The van der Waals surface area contributed by atoms with Gasteiger partial charge in [-0.05, 0) is 31.8 Å². The molecular formula is C8H19NO2S. The zero-order valence-electron chi connectivity index (χ0n) is 8.26. The van der Waals surface area contributed by atoms with Crippen LogP contribution in [-0.2, 0) is 4.79 Å². The summed E-state index contributed by atoms with van der Waals surface area (Å²) in [6.07, 6.45) is 2.38. The van der Waals surface area contributed by atoms with Gasteiger partial charge < -0.3 is 10.3 Å². The molecule has 74 valence electrons. The van der Waals surface area contributed by atoms with Crippen LogP contribution in [0, 0.1) is 0 Å². The number of nitrogens with two attached hydrogens (primary N) is 1. The lowest BCUT2D eigenvalue weighted by atomic mass is 10.5. The molecular weight excluding hydrogens is 174 g/mol. The first kappa shape index (κ1) is 14.3. The fraction of sp³-hybridized carbons (Fsp3) is 0.875. The highest BCUT2D eigenvalue weighted by atomic mass is 32.2. The summed E-state index contributed by atoms with van der Waals surface area (Å²) >= 11 is 0.993. The minimum absolute atomic E-state index is 0.264. The van der Waals surface area contributed by atoms with E-state index >= 15 is 0 Å². The topological polar surface area (TPSA) is 63.3 Å². The Kier molecular flexibility index (Phi) is 8.86. The molecule has 0 aromatic carbocycles. The third-order valence-electron chi connectivity index (χ3n) is 1.17. The summed E-state index contributed by atoms with van der Waals surface area (Å²) in [6, 6.07) is 0. The van der Waals surface area contributed by atoms with Crippen molar-refractivity contribution in [2.45, 2.75) is 45.3 Å². The maximum atomic E-state index is 9.22. The minimum atomic E-state index is -0.333. The Labute approximate surface area is 78.9 Å². The molecule has 3 nitrogen and oxygen atoms in total. The summed E-state index contributed by atoms with van der Waals surface area (Å²) in [6.45, 7) is 7.37. The van der Waals surface area contributed by atoms with Crippen LogP contribution >= 0.6 is 12.0 Å². The average Bonchev–Trinajstić information content (AvgIpc) is 2.73. The van der Waals surface area contributed by atoms with E-state index in [1.165, 1.54) is 19.8 Å². The predicted molar refractivity (Wildman–Crippen MR) is 54.1 cm³/mol. The first-order valence-electron chi connectivity index (χ1n) is 4.09. The van der Waals surface area contributed by atoms with Crippen LogP contribution in [0.1, 0.15) is 40.5 Å². The molecule has 0 aromatic rings. The average molecular weight is 193 g/mol. The number of primary amides is 1. The molecule has 1 fully saturated rings. The molecule has 0 unspecified atom stereocenters. The number of hydrogen-bond donors (Lipinski definition) is 2. The molecule has 1 amide bonds. The maximum absolute atomic E-state index is 9.22. The molecule has 12 heavy (non-hydrogen) atoms. The van der Waals surface area contributed by atoms with Crippen LogP contribution in [0.15, 0.2) is 0 Å². The summed E-state index contributed by atoms with van der Waals surface area (Å²) < 4.78 is 8.65. The van der Waals surface area contributed by atoms with Crippen molar-refractivity contribution in [3.05, 3.63) is 0 Å². The van der Waals surface area contributed by atoms with Gasteiger partial charge in [-0.15, -0.1) is 0 Å². The molecule has 0 aromatic heterocycles. The summed E-state index contributed by atoms with van der Waals surface area (Å²) in [7, 11) is 0. The zero-order valence-corrected chi connectivity index (χ0v) is 9.07. The van der Waals surface area contributed by atoms with Crippen molar-refractivity contribution in [2.75, 3.05) is 0 Å². The smallest absolute Gasteiger partial charge is 0.214 e. The zero-order chi connectivity index (χ0) is 10.2. The highest BCUT2D eigenvalue weighted by Crippen LogP contribution is 2.45. The van der Waals surface area contributed by atoms with Gasteiger partial charge in [0, 0.05) is 11.7 Å². The van der Waals surface area contributed by atoms with E-state index in [2.05, 4.69) is 12.7 Å². The number of hydrogen-bond acceptors (Lipinski definition) is 3. The number of carbonyl (C=O) groups is 1.